The maximum absolute atomic E-state index is 3.61. The Morgan fingerprint density at radius 3 is 2.45 bits per heavy atom. The van der Waals surface area contributed by atoms with Gasteiger partial charge in [0.15, 0.2) is 0 Å². The molecule has 1 nitrogen and oxygen atoms in total. The molecule has 0 aromatic rings. The molecule has 0 saturated heterocycles. The highest BCUT2D eigenvalue weighted by Gasteiger charge is 2.32. The lowest BCUT2D eigenvalue weighted by atomic mass is 9.72. The predicted octanol–water partition coefficient (Wildman–Crippen LogP) is 2.81. The second-order valence-electron chi connectivity index (χ2n) is 4.28. The summed E-state index contributed by atoms with van der Waals surface area (Å²) in [5.41, 5.74) is 0.397. The van der Waals surface area contributed by atoms with Gasteiger partial charge in [-0.25, -0.2) is 0 Å². The van der Waals surface area contributed by atoms with Crippen molar-refractivity contribution in [3.8, 4) is 0 Å². The zero-order valence-electron chi connectivity index (χ0n) is 8.11. The Labute approximate surface area is 72.1 Å². The van der Waals surface area contributed by atoms with Crippen LogP contribution in [-0.2, 0) is 0 Å². The van der Waals surface area contributed by atoms with Crippen LogP contribution in [-0.4, -0.2) is 12.1 Å². The van der Waals surface area contributed by atoms with Crippen LogP contribution in [0.15, 0.2) is 0 Å². The molecule has 1 saturated carbocycles. The van der Waals surface area contributed by atoms with Crippen molar-refractivity contribution in [2.24, 2.45) is 5.92 Å². The van der Waals surface area contributed by atoms with Crippen LogP contribution in [0.4, 0.5) is 0 Å². The van der Waals surface area contributed by atoms with Crippen molar-refractivity contribution in [3.63, 3.8) is 0 Å². The van der Waals surface area contributed by atoms with Gasteiger partial charge in [-0.1, -0.05) is 13.3 Å². The number of rotatable bonds is 4. The van der Waals surface area contributed by atoms with Crippen molar-refractivity contribution >= 4 is 0 Å². The van der Waals surface area contributed by atoms with Crippen molar-refractivity contribution in [1.29, 1.82) is 0 Å². The highest BCUT2D eigenvalue weighted by molar-refractivity contribution is 4.90. The number of hydrogen-bond acceptors (Lipinski definition) is 1. The third kappa shape index (κ3) is 2.19. The average Bonchev–Trinajstić information content (AvgIpc) is 1.78. The Morgan fingerprint density at radius 2 is 2.09 bits per heavy atom. The molecule has 0 radical (unpaired) electrons. The molecule has 0 atom stereocenters. The van der Waals surface area contributed by atoms with Gasteiger partial charge in [-0.2, -0.15) is 0 Å². The molecule has 0 bridgehead atoms. The van der Waals surface area contributed by atoms with Crippen LogP contribution in [0.25, 0.3) is 0 Å². The normalized spacial score (nSPS) is 19.9. The van der Waals surface area contributed by atoms with E-state index in [0.29, 0.717) is 5.54 Å². The van der Waals surface area contributed by atoms with Gasteiger partial charge in [-0.05, 0) is 45.6 Å². The van der Waals surface area contributed by atoms with Gasteiger partial charge in [-0.15, -0.1) is 0 Å². The molecule has 0 aliphatic heterocycles. The minimum absolute atomic E-state index is 0. The summed E-state index contributed by atoms with van der Waals surface area (Å²) < 4.78 is 0. The maximum Gasteiger partial charge on any atom is 0.0153 e. The Balaban J connectivity index is 0.00000121. The Morgan fingerprint density at radius 1 is 1.45 bits per heavy atom. The van der Waals surface area contributed by atoms with Crippen LogP contribution in [0.2, 0.25) is 0 Å². The second-order valence-corrected chi connectivity index (χ2v) is 4.28. The molecule has 0 amide bonds. The molecule has 11 heavy (non-hydrogen) atoms. The van der Waals surface area contributed by atoms with Gasteiger partial charge in [0.2, 0.25) is 0 Å². The maximum atomic E-state index is 3.61. The van der Waals surface area contributed by atoms with Crippen LogP contribution in [0.3, 0.4) is 0 Å². The molecule has 1 aliphatic carbocycles. The van der Waals surface area contributed by atoms with Crippen molar-refractivity contribution in [2.45, 2.75) is 52.0 Å². The van der Waals surface area contributed by atoms with Gasteiger partial charge in [0.1, 0.15) is 0 Å². The Hall–Kier alpha value is -0.0400. The summed E-state index contributed by atoms with van der Waals surface area (Å²) in [6, 6.07) is 0. The fourth-order valence-corrected chi connectivity index (χ4v) is 1.72. The van der Waals surface area contributed by atoms with E-state index in [1.54, 1.807) is 0 Å². The fourth-order valence-electron chi connectivity index (χ4n) is 1.72. The molecule has 0 aromatic heterocycles. The van der Waals surface area contributed by atoms with E-state index in [-0.39, 0.29) is 1.43 Å². The minimum atomic E-state index is 0. The first kappa shape index (κ1) is 9.05. The molecule has 68 valence electrons. The third-order valence-electron chi connectivity index (χ3n) is 2.96. The summed E-state index contributed by atoms with van der Waals surface area (Å²) in [5.74, 6) is 0.939. The zero-order chi connectivity index (χ0) is 8.32. The van der Waals surface area contributed by atoms with Crippen molar-refractivity contribution in [2.75, 3.05) is 6.54 Å². The van der Waals surface area contributed by atoms with Crippen LogP contribution < -0.4 is 5.32 Å². The van der Waals surface area contributed by atoms with E-state index in [4.69, 9.17) is 0 Å². The van der Waals surface area contributed by atoms with Crippen molar-refractivity contribution < 1.29 is 1.43 Å². The lowest BCUT2D eigenvalue weighted by molar-refractivity contribution is 0.159. The van der Waals surface area contributed by atoms with E-state index >= 15 is 0 Å². The topological polar surface area (TPSA) is 12.0 Å². The van der Waals surface area contributed by atoms with E-state index in [9.17, 15) is 0 Å². The highest BCUT2D eigenvalue weighted by atomic mass is 15.0. The molecule has 0 spiro atoms. The smallest absolute Gasteiger partial charge is 0.0153 e. The van der Waals surface area contributed by atoms with Crippen LogP contribution in [0.5, 0.6) is 0 Å². The largest absolute Gasteiger partial charge is 0.312 e. The van der Waals surface area contributed by atoms with Crippen molar-refractivity contribution in [3.05, 3.63) is 0 Å². The molecule has 1 N–H and O–H groups in total. The number of nitrogens with one attached hydrogen (secondary N) is 1. The average molecular weight is 157 g/mol. The zero-order valence-corrected chi connectivity index (χ0v) is 8.11. The molecule has 1 heteroatoms. The monoisotopic (exact) mass is 157 g/mol. The summed E-state index contributed by atoms with van der Waals surface area (Å²) in [4.78, 5) is 0. The molecular formula is C10H23N. The van der Waals surface area contributed by atoms with Gasteiger partial charge in [0, 0.05) is 6.97 Å². The molecule has 0 heterocycles. The molecule has 1 aliphatic rings. The molecule has 0 aromatic carbocycles. The van der Waals surface area contributed by atoms with Crippen LogP contribution in [0.1, 0.15) is 47.9 Å². The fraction of sp³-hybridized carbons (Fsp3) is 1.00. The summed E-state index contributed by atoms with van der Waals surface area (Å²) >= 11 is 0. The molecular weight excluding hydrogens is 134 g/mol. The lowest BCUT2D eigenvalue weighted by Crippen LogP contribution is -2.48. The minimum Gasteiger partial charge on any atom is -0.312 e. The van der Waals surface area contributed by atoms with E-state index < -0.39 is 0 Å². The summed E-state index contributed by atoms with van der Waals surface area (Å²) in [6.07, 6.45) is 5.56. The third-order valence-corrected chi connectivity index (χ3v) is 2.96. The highest BCUT2D eigenvalue weighted by Crippen LogP contribution is 2.35. The van der Waals surface area contributed by atoms with Gasteiger partial charge in [0.05, 0.1) is 0 Å². The Kier molecular flexibility index (Phi) is 2.94. The van der Waals surface area contributed by atoms with Crippen LogP contribution >= 0.6 is 0 Å². The molecule has 0 unspecified atom stereocenters. The lowest BCUT2D eigenvalue weighted by Gasteiger charge is -2.41. The molecule has 1 fully saturated rings. The van der Waals surface area contributed by atoms with Gasteiger partial charge in [0.25, 0.3) is 0 Å². The van der Waals surface area contributed by atoms with Crippen LogP contribution in [0, 0.1) is 5.92 Å². The van der Waals surface area contributed by atoms with E-state index in [1.807, 2.05) is 0 Å². The second kappa shape index (κ2) is 3.57. The first-order chi connectivity index (χ1) is 5.17. The van der Waals surface area contributed by atoms with Gasteiger partial charge in [-0.3, -0.25) is 0 Å². The Bertz CT molecular complexity index is 119. The SMILES string of the molecule is CCCNC(C)(C)C1CCC1.[HH]. The van der Waals surface area contributed by atoms with E-state index in [0.717, 1.165) is 5.92 Å². The summed E-state index contributed by atoms with van der Waals surface area (Å²) in [7, 11) is 0. The van der Waals surface area contributed by atoms with Gasteiger partial charge < -0.3 is 5.32 Å². The molecule has 1 rings (SSSR count). The standard InChI is InChI=1S/C10H21N.H2/c1-4-8-11-10(2,3)9-6-5-7-9;/h9,11H,4-8H2,1-3H3;1H. The van der Waals surface area contributed by atoms with Crippen molar-refractivity contribution in [1.82, 2.24) is 5.32 Å². The number of hydrogen-bond donors (Lipinski definition) is 1. The van der Waals surface area contributed by atoms with Gasteiger partial charge >= 0.3 is 0 Å². The predicted molar refractivity (Wildman–Crippen MR) is 51.8 cm³/mol. The van der Waals surface area contributed by atoms with E-state index in [1.165, 1.54) is 32.2 Å². The quantitative estimate of drug-likeness (QED) is 0.661. The first-order valence-electron chi connectivity index (χ1n) is 4.92. The first-order valence-corrected chi connectivity index (χ1v) is 4.92. The summed E-state index contributed by atoms with van der Waals surface area (Å²) in [5, 5.41) is 3.61. The van der Waals surface area contributed by atoms with E-state index in [2.05, 4.69) is 26.1 Å². The summed E-state index contributed by atoms with van der Waals surface area (Å²) in [6.45, 7) is 8.08.